The molecular formula is C47H77N11O9. The highest BCUT2D eigenvalue weighted by Crippen LogP contribution is 2.20. The highest BCUT2D eigenvalue weighted by molar-refractivity contribution is 5.95. The second-order valence-corrected chi connectivity index (χ2v) is 19.6. The van der Waals surface area contributed by atoms with E-state index in [9.17, 15) is 28.8 Å². The molecule has 0 aliphatic rings. The van der Waals surface area contributed by atoms with E-state index >= 15 is 0 Å². The van der Waals surface area contributed by atoms with Gasteiger partial charge in [0.2, 0.25) is 17.8 Å². The Kier molecular flexibility index (Phi) is 21.4. The van der Waals surface area contributed by atoms with Crippen molar-refractivity contribution in [2.24, 2.45) is 5.73 Å². The zero-order valence-electron chi connectivity index (χ0n) is 41.5. The Hall–Kier alpha value is -5.92. The number of hydrogen-bond acceptors (Lipinski definition) is 14. The summed E-state index contributed by atoms with van der Waals surface area (Å²) in [4.78, 5) is 91.6. The van der Waals surface area contributed by atoms with Crippen molar-refractivity contribution in [1.82, 2.24) is 34.6 Å². The Morgan fingerprint density at radius 2 is 1.30 bits per heavy atom. The number of nitrogens with two attached hydrogens (primary N) is 2. The lowest BCUT2D eigenvalue weighted by atomic mass is 10.1. The number of H-pyrrole nitrogens is 1. The highest BCUT2D eigenvalue weighted by atomic mass is 16.6. The summed E-state index contributed by atoms with van der Waals surface area (Å²) in [5.74, 6) is -0.509. The maximum Gasteiger partial charge on any atom is 0.410 e. The van der Waals surface area contributed by atoms with Crippen molar-refractivity contribution in [2.75, 3.05) is 55.6 Å². The second-order valence-electron chi connectivity index (χ2n) is 19.6. The maximum absolute atomic E-state index is 13.2. The van der Waals surface area contributed by atoms with E-state index in [1.165, 1.54) is 4.57 Å². The number of fused-ring (bicyclic) bond motifs is 1. The van der Waals surface area contributed by atoms with Gasteiger partial charge in [-0.2, -0.15) is 9.97 Å². The van der Waals surface area contributed by atoms with Gasteiger partial charge in [0.15, 0.2) is 11.5 Å². The first-order chi connectivity index (χ1) is 31.3. The number of nitrogens with zero attached hydrogens (tertiary/aromatic N) is 5. The molecule has 4 amide bonds. The van der Waals surface area contributed by atoms with Crippen molar-refractivity contribution in [2.45, 2.75) is 163 Å². The second kappa shape index (κ2) is 25.8. The minimum atomic E-state index is -0.952. The van der Waals surface area contributed by atoms with Crippen LogP contribution in [-0.4, -0.2) is 121 Å². The van der Waals surface area contributed by atoms with E-state index in [1.807, 2.05) is 20.8 Å². The molecule has 8 N–H and O–H groups in total. The number of benzene rings is 1. The lowest BCUT2D eigenvalue weighted by molar-refractivity contribution is -0.155. The molecule has 20 nitrogen and oxygen atoms in total. The molecule has 20 heteroatoms. The van der Waals surface area contributed by atoms with Crippen molar-refractivity contribution in [3.05, 3.63) is 40.3 Å². The number of rotatable bonds is 25. The first-order valence-electron chi connectivity index (χ1n) is 23.4. The van der Waals surface area contributed by atoms with Gasteiger partial charge in [0.05, 0.1) is 12.6 Å². The Balaban J connectivity index is 1.45. The van der Waals surface area contributed by atoms with Crippen LogP contribution in [0.15, 0.2) is 29.1 Å². The number of unbranched alkanes of at least 4 members (excludes halogenated alkanes) is 3. The maximum atomic E-state index is 13.2. The zero-order chi connectivity index (χ0) is 50.0. The summed E-state index contributed by atoms with van der Waals surface area (Å²) in [7, 11) is 0. The van der Waals surface area contributed by atoms with E-state index in [0.29, 0.717) is 87.6 Å². The average molecular weight is 940 g/mol. The van der Waals surface area contributed by atoms with Crippen LogP contribution in [0.4, 0.5) is 27.0 Å². The number of amides is 4. The molecule has 2 aromatic heterocycles. The fraction of sp³-hybridized carbons (Fsp3) is 0.660. The Bertz CT molecular complexity index is 2130. The van der Waals surface area contributed by atoms with Crippen LogP contribution >= 0.6 is 0 Å². The van der Waals surface area contributed by atoms with E-state index in [4.69, 9.17) is 25.7 Å². The van der Waals surface area contributed by atoms with Crippen LogP contribution in [0.1, 0.15) is 139 Å². The van der Waals surface area contributed by atoms with Crippen LogP contribution < -0.4 is 33.1 Å². The lowest BCUT2D eigenvalue weighted by Crippen LogP contribution is -2.40. The molecule has 3 rings (SSSR count). The normalized spacial score (nSPS) is 12.3. The topological polar surface area (TPSA) is 271 Å². The number of anilines is 3. The van der Waals surface area contributed by atoms with Gasteiger partial charge < -0.3 is 56.4 Å². The van der Waals surface area contributed by atoms with Crippen molar-refractivity contribution in [1.29, 1.82) is 0 Å². The van der Waals surface area contributed by atoms with E-state index in [-0.39, 0.29) is 55.7 Å². The summed E-state index contributed by atoms with van der Waals surface area (Å²) >= 11 is 0. The number of esters is 1. The first kappa shape index (κ1) is 55.4. The molecule has 1 aromatic carbocycles. The number of aromatic nitrogens is 4. The Labute approximate surface area is 395 Å². The van der Waals surface area contributed by atoms with Gasteiger partial charge in [0.1, 0.15) is 22.3 Å². The first-order valence-corrected chi connectivity index (χ1v) is 23.4. The molecule has 0 saturated carbocycles. The van der Waals surface area contributed by atoms with Crippen LogP contribution in [0, 0.1) is 0 Å². The fourth-order valence-electron chi connectivity index (χ4n) is 6.58. The number of nitrogens with one attached hydrogen (secondary N) is 4. The third-order valence-corrected chi connectivity index (χ3v) is 9.86. The number of imidazole rings is 1. The molecule has 0 saturated heterocycles. The smallest absolute Gasteiger partial charge is 0.410 e. The van der Waals surface area contributed by atoms with Crippen molar-refractivity contribution >= 4 is 58.6 Å². The van der Waals surface area contributed by atoms with Gasteiger partial charge in [-0.1, -0.05) is 25.5 Å². The fourth-order valence-corrected chi connectivity index (χ4v) is 6.58. The molecule has 0 aliphatic carbocycles. The summed E-state index contributed by atoms with van der Waals surface area (Å²) in [6.07, 6.45) is 4.13. The molecule has 374 valence electrons. The van der Waals surface area contributed by atoms with Crippen LogP contribution in [0.2, 0.25) is 0 Å². The van der Waals surface area contributed by atoms with Gasteiger partial charge in [-0.3, -0.25) is 19.0 Å². The molecule has 0 aliphatic heterocycles. The van der Waals surface area contributed by atoms with E-state index < -0.39 is 40.9 Å². The lowest BCUT2D eigenvalue weighted by Gasteiger charge is -2.29. The summed E-state index contributed by atoms with van der Waals surface area (Å²) in [6, 6.07) is 6.00. The quantitative estimate of drug-likeness (QED) is 0.0310. The van der Waals surface area contributed by atoms with Crippen LogP contribution in [0.3, 0.4) is 0 Å². The van der Waals surface area contributed by atoms with Crippen molar-refractivity contribution < 1.29 is 38.2 Å². The molecule has 1 atom stereocenters. The Morgan fingerprint density at radius 3 is 1.85 bits per heavy atom. The van der Waals surface area contributed by atoms with Gasteiger partial charge in [-0.25, -0.2) is 14.4 Å². The number of nitrogen functional groups attached to an aromatic ring is 1. The van der Waals surface area contributed by atoms with E-state index in [0.717, 1.165) is 18.4 Å². The van der Waals surface area contributed by atoms with Gasteiger partial charge in [-0.05, 0) is 125 Å². The zero-order valence-corrected chi connectivity index (χ0v) is 41.5. The summed E-state index contributed by atoms with van der Waals surface area (Å²) < 4.78 is 18.2. The van der Waals surface area contributed by atoms with Gasteiger partial charge in [0, 0.05) is 57.8 Å². The van der Waals surface area contributed by atoms with Gasteiger partial charge >= 0.3 is 23.8 Å². The number of carbonyl (C=O) groups is 5. The monoisotopic (exact) mass is 940 g/mol. The van der Waals surface area contributed by atoms with Crippen LogP contribution in [0.25, 0.3) is 11.2 Å². The Morgan fingerprint density at radius 1 is 0.746 bits per heavy atom. The van der Waals surface area contributed by atoms with Crippen LogP contribution in [-0.2, 0) is 35.1 Å². The number of ether oxygens (including phenoxy) is 3. The van der Waals surface area contributed by atoms with Crippen LogP contribution in [0.5, 0.6) is 0 Å². The molecule has 0 fully saturated rings. The van der Waals surface area contributed by atoms with Gasteiger partial charge in [-0.15, -0.1) is 0 Å². The third kappa shape index (κ3) is 21.1. The SMILES string of the molecule is CCCCNc1nc(N)c2[nH]c(=O)n(Cc3ccc(NC(=O)[C@@H](N)CCC(=O)NCCCN(CCCCN(CCCCC(=O)OC(C)(C)C)C(=O)OC(C)(C)C)C(=O)OC(C)(C)C)cc3)c2n1. The van der Waals surface area contributed by atoms with Gasteiger partial charge in [0.25, 0.3) is 0 Å². The third-order valence-electron chi connectivity index (χ3n) is 9.86. The molecule has 2 heterocycles. The minimum absolute atomic E-state index is 0.0156. The largest absolute Gasteiger partial charge is 0.460 e. The number of hydrogen-bond donors (Lipinski definition) is 6. The summed E-state index contributed by atoms with van der Waals surface area (Å²) in [6.45, 7) is 21.0. The molecule has 0 unspecified atom stereocenters. The van der Waals surface area contributed by atoms with Crippen molar-refractivity contribution in [3.63, 3.8) is 0 Å². The van der Waals surface area contributed by atoms with E-state index in [1.54, 1.807) is 75.6 Å². The van der Waals surface area contributed by atoms with E-state index in [2.05, 4.69) is 37.8 Å². The molecular weight excluding hydrogens is 863 g/mol. The minimum Gasteiger partial charge on any atom is -0.460 e. The highest BCUT2D eigenvalue weighted by Gasteiger charge is 2.25. The molecule has 3 aromatic rings. The number of carbonyl (C=O) groups excluding carboxylic acids is 5. The number of aromatic amines is 1. The summed E-state index contributed by atoms with van der Waals surface area (Å²) in [5, 5.41) is 8.76. The predicted molar refractivity (Wildman–Crippen MR) is 260 cm³/mol. The average Bonchev–Trinajstić information content (AvgIpc) is 3.53. The van der Waals surface area contributed by atoms with Crippen molar-refractivity contribution in [3.8, 4) is 0 Å². The molecule has 67 heavy (non-hydrogen) atoms. The predicted octanol–water partition coefficient (Wildman–Crippen LogP) is 6.28. The molecule has 0 bridgehead atoms. The molecule has 0 spiro atoms. The summed E-state index contributed by atoms with van der Waals surface area (Å²) in [5.41, 5.74) is 11.9. The standard InChI is InChI=1S/C47H77N11O9/c1-11-12-25-51-41-54-38(49)37-39(55-41)58(42(62)53-37)31-32-19-21-33(22-20-32)52-40(61)34(48)23-24-35(59)50-26-17-30-57(44(64)67-47(8,9)10)29-16-15-28-56(43(63)66-46(5,6)7)27-14-13-18-36(60)65-45(2,3)4/h19-22,34H,11-18,23-31,48H2,1-10H3,(H,50,59)(H,52,61)(H,53,62)(H3,49,51,54,55)/t34-/m0/s1. The molecule has 0 radical (unpaired) electrons.